The molecule has 0 radical (unpaired) electrons. The van der Waals surface area contributed by atoms with E-state index in [4.69, 9.17) is 8.83 Å². The van der Waals surface area contributed by atoms with Crippen LogP contribution < -0.4 is 4.90 Å². The van der Waals surface area contributed by atoms with E-state index in [0.717, 1.165) is 83.2 Å². The molecule has 2 aromatic heterocycles. The Morgan fingerprint density at radius 3 is 1.66 bits per heavy atom. The van der Waals surface area contributed by atoms with Gasteiger partial charge in [0.15, 0.2) is 0 Å². The van der Waals surface area contributed by atoms with Crippen molar-refractivity contribution in [1.82, 2.24) is 0 Å². The van der Waals surface area contributed by atoms with Crippen LogP contribution in [0.4, 0.5) is 17.1 Å². The molecule has 0 unspecified atom stereocenters. The summed E-state index contributed by atoms with van der Waals surface area (Å²) in [7, 11) is 0. The van der Waals surface area contributed by atoms with Crippen molar-refractivity contribution in [3.63, 3.8) is 0 Å². The molecule has 1 aliphatic rings. The molecule has 0 fully saturated rings. The lowest BCUT2D eigenvalue weighted by Gasteiger charge is -2.34. The molecule has 13 aromatic rings. The van der Waals surface area contributed by atoms with Gasteiger partial charge in [0.2, 0.25) is 0 Å². The molecule has 3 heteroatoms. The Labute approximate surface area is 393 Å². The fraction of sp³-hybridized carbons (Fsp3) is 0.0154. The zero-order valence-corrected chi connectivity index (χ0v) is 36.9. The van der Waals surface area contributed by atoms with Gasteiger partial charge in [0.25, 0.3) is 0 Å². The first-order chi connectivity index (χ1) is 33.7. The van der Waals surface area contributed by atoms with Crippen LogP contribution in [0.5, 0.6) is 0 Å². The first kappa shape index (κ1) is 38.4. The van der Waals surface area contributed by atoms with Crippen molar-refractivity contribution >= 4 is 71.7 Å². The maximum absolute atomic E-state index is 6.50. The molecule has 0 spiro atoms. The van der Waals surface area contributed by atoms with Crippen molar-refractivity contribution in [3.05, 3.63) is 271 Å². The van der Waals surface area contributed by atoms with Crippen molar-refractivity contribution in [2.75, 3.05) is 4.90 Å². The van der Waals surface area contributed by atoms with Gasteiger partial charge in [0.1, 0.15) is 22.3 Å². The molecule has 0 amide bonds. The van der Waals surface area contributed by atoms with E-state index in [1.165, 1.54) is 44.2 Å². The van der Waals surface area contributed by atoms with Gasteiger partial charge in [0, 0.05) is 44.2 Å². The minimum atomic E-state index is -0.480. The first-order valence-corrected chi connectivity index (χ1v) is 23.3. The normalized spacial score (nSPS) is 12.8. The van der Waals surface area contributed by atoms with Gasteiger partial charge in [-0.15, -0.1) is 0 Å². The standard InChI is InChI=1S/C65H41NO2/c1-3-15-46(16-4-1)65(47-17-5-2-6-18-47)58-24-11-9-20-53(58)56-41-50(36-37-59(56)65)66(49-34-28-44(29-35-49)52-22-13-23-55-54-21-10-12-25-60(54)68-64(52)55)48-32-26-42(27-33-48)45-31-38-61-57(40-45)63-51-19-8-7-14-43(51)30-39-62(63)67-61/h1-41H. The largest absolute Gasteiger partial charge is 0.456 e. The average Bonchev–Trinajstić information content (AvgIpc) is 4.08. The third-order valence-corrected chi connectivity index (χ3v) is 14.4. The second-order valence-corrected chi connectivity index (χ2v) is 17.9. The van der Waals surface area contributed by atoms with E-state index in [1.807, 2.05) is 12.1 Å². The Morgan fingerprint density at radius 2 is 0.882 bits per heavy atom. The highest BCUT2D eigenvalue weighted by molar-refractivity contribution is 6.19. The quantitative estimate of drug-likeness (QED) is 0.160. The third-order valence-electron chi connectivity index (χ3n) is 14.4. The number of para-hydroxylation sites is 2. The van der Waals surface area contributed by atoms with Crippen molar-refractivity contribution in [1.29, 1.82) is 0 Å². The average molecular weight is 868 g/mol. The van der Waals surface area contributed by atoms with Crippen LogP contribution in [0.1, 0.15) is 22.3 Å². The number of hydrogen-bond donors (Lipinski definition) is 0. The van der Waals surface area contributed by atoms with Crippen LogP contribution in [-0.2, 0) is 5.41 Å². The van der Waals surface area contributed by atoms with E-state index in [2.05, 4.69) is 241 Å². The van der Waals surface area contributed by atoms with Crippen molar-refractivity contribution in [2.45, 2.75) is 5.41 Å². The summed E-state index contributed by atoms with van der Waals surface area (Å²) in [5, 5.41) is 6.94. The van der Waals surface area contributed by atoms with Crippen molar-refractivity contribution in [3.8, 4) is 33.4 Å². The minimum absolute atomic E-state index is 0.480. The Hall–Kier alpha value is -8.92. The maximum Gasteiger partial charge on any atom is 0.143 e. The van der Waals surface area contributed by atoms with Crippen LogP contribution in [0.2, 0.25) is 0 Å². The molecule has 318 valence electrons. The van der Waals surface area contributed by atoms with Crippen molar-refractivity contribution < 1.29 is 8.83 Å². The topological polar surface area (TPSA) is 29.5 Å². The summed E-state index contributed by atoms with van der Waals surface area (Å²) in [5.74, 6) is 0. The van der Waals surface area contributed by atoms with Gasteiger partial charge < -0.3 is 13.7 Å². The van der Waals surface area contributed by atoms with E-state index in [-0.39, 0.29) is 0 Å². The molecule has 11 aromatic carbocycles. The highest BCUT2D eigenvalue weighted by Gasteiger charge is 2.46. The Morgan fingerprint density at radius 1 is 0.309 bits per heavy atom. The lowest BCUT2D eigenvalue weighted by atomic mass is 9.68. The third kappa shape index (κ3) is 5.72. The van der Waals surface area contributed by atoms with E-state index >= 15 is 0 Å². The number of anilines is 3. The lowest BCUT2D eigenvalue weighted by molar-refractivity contribution is 0.669. The van der Waals surface area contributed by atoms with Crippen LogP contribution >= 0.6 is 0 Å². The highest BCUT2D eigenvalue weighted by atomic mass is 16.3. The second kappa shape index (κ2) is 15.1. The Bertz CT molecular complexity index is 4030. The smallest absolute Gasteiger partial charge is 0.143 e. The lowest BCUT2D eigenvalue weighted by Crippen LogP contribution is -2.28. The van der Waals surface area contributed by atoms with E-state index in [0.29, 0.717) is 0 Å². The van der Waals surface area contributed by atoms with E-state index in [1.54, 1.807) is 0 Å². The first-order valence-electron chi connectivity index (χ1n) is 23.3. The molecule has 1 aliphatic carbocycles. The molecule has 14 rings (SSSR count). The van der Waals surface area contributed by atoms with Crippen LogP contribution in [0.15, 0.2) is 258 Å². The zero-order chi connectivity index (χ0) is 44.8. The van der Waals surface area contributed by atoms with Gasteiger partial charge in [-0.3, -0.25) is 0 Å². The fourth-order valence-corrected chi connectivity index (χ4v) is 11.3. The predicted molar refractivity (Wildman–Crippen MR) is 281 cm³/mol. The van der Waals surface area contributed by atoms with Crippen LogP contribution in [0, 0.1) is 0 Å². The zero-order valence-electron chi connectivity index (χ0n) is 36.9. The number of benzene rings is 11. The van der Waals surface area contributed by atoms with Gasteiger partial charge >= 0.3 is 0 Å². The molecule has 0 saturated heterocycles. The summed E-state index contributed by atoms with van der Waals surface area (Å²) in [4.78, 5) is 2.39. The molecule has 2 heterocycles. The van der Waals surface area contributed by atoms with Gasteiger partial charge in [-0.25, -0.2) is 0 Å². The van der Waals surface area contributed by atoms with Crippen LogP contribution in [-0.4, -0.2) is 0 Å². The molecular weight excluding hydrogens is 827 g/mol. The Kier molecular flexibility index (Phi) is 8.50. The van der Waals surface area contributed by atoms with E-state index in [9.17, 15) is 0 Å². The van der Waals surface area contributed by atoms with Crippen LogP contribution in [0.3, 0.4) is 0 Å². The molecule has 0 bridgehead atoms. The maximum atomic E-state index is 6.50. The Balaban J connectivity index is 0.925. The number of hydrogen-bond acceptors (Lipinski definition) is 3. The minimum Gasteiger partial charge on any atom is -0.456 e. The summed E-state index contributed by atoms with van der Waals surface area (Å²) in [6.45, 7) is 0. The molecule has 0 saturated carbocycles. The molecule has 3 nitrogen and oxygen atoms in total. The summed E-state index contributed by atoms with van der Waals surface area (Å²) in [6, 6.07) is 90.1. The molecule has 0 atom stereocenters. The fourth-order valence-electron chi connectivity index (χ4n) is 11.3. The number of fused-ring (bicyclic) bond motifs is 11. The predicted octanol–water partition coefficient (Wildman–Crippen LogP) is 17.8. The number of nitrogens with zero attached hydrogens (tertiary/aromatic N) is 1. The summed E-state index contributed by atoms with van der Waals surface area (Å²) in [5.41, 5.74) is 18.3. The number of rotatable bonds is 7. The number of furan rings is 2. The monoisotopic (exact) mass is 867 g/mol. The van der Waals surface area contributed by atoms with Crippen LogP contribution in [0.25, 0.3) is 88.0 Å². The van der Waals surface area contributed by atoms with Crippen molar-refractivity contribution in [2.24, 2.45) is 0 Å². The molecular formula is C65H41NO2. The highest BCUT2D eigenvalue weighted by Crippen LogP contribution is 2.57. The van der Waals surface area contributed by atoms with Gasteiger partial charge in [-0.05, 0) is 122 Å². The van der Waals surface area contributed by atoms with Gasteiger partial charge in [-0.2, -0.15) is 0 Å². The summed E-state index contributed by atoms with van der Waals surface area (Å²) in [6.07, 6.45) is 0. The van der Waals surface area contributed by atoms with Gasteiger partial charge in [-0.1, -0.05) is 188 Å². The summed E-state index contributed by atoms with van der Waals surface area (Å²) < 4.78 is 12.9. The molecule has 68 heavy (non-hydrogen) atoms. The molecule has 0 aliphatic heterocycles. The second-order valence-electron chi connectivity index (χ2n) is 17.9. The van der Waals surface area contributed by atoms with E-state index < -0.39 is 5.41 Å². The SMILES string of the molecule is c1ccc(C2(c3ccccc3)c3ccccc3-c3cc(N(c4ccc(-c5ccc6oc7ccc8ccccc8c7c6c5)cc4)c4ccc(-c5cccc6c5oc5ccccc56)cc4)ccc32)cc1. The molecule has 0 N–H and O–H groups in total. The van der Waals surface area contributed by atoms with Gasteiger partial charge in [0.05, 0.1) is 5.41 Å². The summed E-state index contributed by atoms with van der Waals surface area (Å²) >= 11 is 0.